The van der Waals surface area contributed by atoms with E-state index in [2.05, 4.69) is 56.4 Å². The zero-order chi connectivity index (χ0) is 13.3. The number of hydrogen-bond donors (Lipinski definition) is 0. The first-order valence-corrected chi connectivity index (χ1v) is 6.96. The van der Waals surface area contributed by atoms with Crippen LogP contribution in [0.4, 0.5) is 0 Å². The average molecular weight is 375 g/mol. The molecule has 2 aromatic heterocycles. The van der Waals surface area contributed by atoms with Gasteiger partial charge in [-0.25, -0.2) is 19.9 Å². The SMILES string of the molecule is Cc1cnc(-c2nc(Cl)c(I)c(C(C)C)n2)nc1. The van der Waals surface area contributed by atoms with Gasteiger partial charge < -0.3 is 0 Å². The Morgan fingerprint density at radius 2 is 1.72 bits per heavy atom. The summed E-state index contributed by atoms with van der Waals surface area (Å²) < 4.78 is 0.889. The van der Waals surface area contributed by atoms with E-state index in [0.29, 0.717) is 16.8 Å². The fourth-order valence-corrected chi connectivity index (χ4v) is 2.47. The molecule has 94 valence electrons. The van der Waals surface area contributed by atoms with Crippen molar-refractivity contribution >= 4 is 34.2 Å². The van der Waals surface area contributed by atoms with Crippen LogP contribution in [0.2, 0.25) is 5.15 Å². The lowest BCUT2D eigenvalue weighted by Crippen LogP contribution is -2.04. The molecule has 4 nitrogen and oxygen atoms in total. The topological polar surface area (TPSA) is 51.6 Å². The molecule has 2 heterocycles. The van der Waals surface area contributed by atoms with Crippen molar-refractivity contribution in [2.45, 2.75) is 26.7 Å². The Balaban J connectivity index is 2.55. The maximum Gasteiger partial charge on any atom is 0.199 e. The summed E-state index contributed by atoms with van der Waals surface area (Å²) in [4.78, 5) is 17.2. The van der Waals surface area contributed by atoms with Gasteiger partial charge in [0.15, 0.2) is 11.6 Å². The molecule has 0 bridgehead atoms. The molecular weight excluding hydrogens is 363 g/mol. The summed E-state index contributed by atoms with van der Waals surface area (Å²) in [6, 6.07) is 0. The van der Waals surface area contributed by atoms with Crippen LogP contribution in [0.25, 0.3) is 11.6 Å². The van der Waals surface area contributed by atoms with Crippen LogP contribution >= 0.6 is 34.2 Å². The lowest BCUT2D eigenvalue weighted by atomic mass is 10.1. The Labute approximate surface area is 124 Å². The van der Waals surface area contributed by atoms with Crippen molar-refractivity contribution in [3.63, 3.8) is 0 Å². The van der Waals surface area contributed by atoms with Gasteiger partial charge in [0, 0.05) is 12.4 Å². The monoisotopic (exact) mass is 374 g/mol. The van der Waals surface area contributed by atoms with Gasteiger partial charge in [-0.15, -0.1) is 0 Å². The third-order valence-corrected chi connectivity index (χ3v) is 4.02. The fraction of sp³-hybridized carbons (Fsp3) is 0.333. The van der Waals surface area contributed by atoms with Crippen LogP contribution in [-0.4, -0.2) is 19.9 Å². The summed E-state index contributed by atoms with van der Waals surface area (Å²) >= 11 is 8.29. The molecule has 0 radical (unpaired) electrons. The smallest absolute Gasteiger partial charge is 0.199 e. The van der Waals surface area contributed by atoms with Crippen LogP contribution in [0.3, 0.4) is 0 Å². The van der Waals surface area contributed by atoms with Crippen molar-refractivity contribution in [2.24, 2.45) is 0 Å². The third-order valence-electron chi connectivity index (χ3n) is 2.36. The molecule has 2 aromatic rings. The molecular formula is C12H12ClIN4. The summed E-state index contributed by atoms with van der Waals surface area (Å²) in [5.41, 5.74) is 1.93. The zero-order valence-corrected chi connectivity index (χ0v) is 13.2. The predicted molar refractivity (Wildman–Crippen MR) is 79.6 cm³/mol. The minimum atomic E-state index is 0.279. The highest BCUT2D eigenvalue weighted by atomic mass is 127. The Morgan fingerprint density at radius 1 is 1.11 bits per heavy atom. The molecule has 0 amide bonds. The minimum absolute atomic E-state index is 0.279. The maximum absolute atomic E-state index is 6.13. The number of nitrogens with zero attached hydrogens (tertiary/aromatic N) is 4. The van der Waals surface area contributed by atoms with Gasteiger partial charge in [-0.2, -0.15) is 0 Å². The second-order valence-electron chi connectivity index (χ2n) is 4.28. The van der Waals surface area contributed by atoms with Gasteiger partial charge in [0.05, 0.1) is 9.26 Å². The van der Waals surface area contributed by atoms with Crippen LogP contribution in [-0.2, 0) is 0 Å². The molecule has 0 aromatic carbocycles. The summed E-state index contributed by atoms with van der Waals surface area (Å²) in [5.74, 6) is 1.26. The normalized spacial score (nSPS) is 11.0. The van der Waals surface area contributed by atoms with Crippen LogP contribution < -0.4 is 0 Å². The molecule has 0 aliphatic carbocycles. The lowest BCUT2D eigenvalue weighted by molar-refractivity contribution is 0.805. The molecule has 0 aliphatic heterocycles. The van der Waals surface area contributed by atoms with Crippen molar-refractivity contribution in [1.82, 2.24) is 19.9 Å². The van der Waals surface area contributed by atoms with Crippen LogP contribution in [0.1, 0.15) is 31.0 Å². The van der Waals surface area contributed by atoms with E-state index in [0.717, 1.165) is 14.8 Å². The highest BCUT2D eigenvalue weighted by Crippen LogP contribution is 2.26. The molecule has 0 N–H and O–H groups in total. The molecule has 6 heteroatoms. The predicted octanol–water partition coefficient (Wildman–Crippen LogP) is 3.62. The standard InChI is InChI=1S/C12H12ClIN4/c1-6(2)9-8(14)10(13)18-12(17-9)11-15-4-7(3)5-16-11/h4-6H,1-3H3. The van der Waals surface area contributed by atoms with E-state index in [1.165, 1.54) is 0 Å². The van der Waals surface area contributed by atoms with Crippen LogP contribution in [0, 0.1) is 10.5 Å². The number of aryl methyl sites for hydroxylation is 1. The molecule has 0 unspecified atom stereocenters. The number of halogens is 2. The average Bonchev–Trinajstić information content (AvgIpc) is 2.33. The van der Waals surface area contributed by atoms with E-state index in [9.17, 15) is 0 Å². The molecule has 0 atom stereocenters. The summed E-state index contributed by atoms with van der Waals surface area (Å²) in [6.07, 6.45) is 3.49. The van der Waals surface area contributed by atoms with Crippen LogP contribution in [0.5, 0.6) is 0 Å². The zero-order valence-electron chi connectivity index (χ0n) is 10.3. The van der Waals surface area contributed by atoms with E-state index in [1.807, 2.05) is 6.92 Å². The highest BCUT2D eigenvalue weighted by Gasteiger charge is 2.15. The highest BCUT2D eigenvalue weighted by molar-refractivity contribution is 14.1. The Hall–Kier alpha value is -0.820. The van der Waals surface area contributed by atoms with E-state index >= 15 is 0 Å². The Morgan fingerprint density at radius 3 is 2.28 bits per heavy atom. The molecule has 18 heavy (non-hydrogen) atoms. The van der Waals surface area contributed by atoms with E-state index in [1.54, 1.807) is 12.4 Å². The first kappa shape index (κ1) is 13.6. The van der Waals surface area contributed by atoms with Gasteiger partial charge in [-0.3, -0.25) is 0 Å². The van der Waals surface area contributed by atoms with E-state index in [-0.39, 0.29) is 5.92 Å². The molecule has 0 saturated carbocycles. The molecule has 0 aliphatic rings. The van der Waals surface area contributed by atoms with Gasteiger partial charge in [-0.1, -0.05) is 25.4 Å². The van der Waals surface area contributed by atoms with Crippen molar-refractivity contribution in [3.05, 3.63) is 32.4 Å². The van der Waals surface area contributed by atoms with Crippen molar-refractivity contribution in [2.75, 3.05) is 0 Å². The second-order valence-corrected chi connectivity index (χ2v) is 5.71. The van der Waals surface area contributed by atoms with Crippen molar-refractivity contribution < 1.29 is 0 Å². The Bertz CT molecular complexity index is 569. The second kappa shape index (κ2) is 5.44. The van der Waals surface area contributed by atoms with E-state index < -0.39 is 0 Å². The lowest BCUT2D eigenvalue weighted by Gasteiger charge is -2.10. The number of hydrogen-bond acceptors (Lipinski definition) is 4. The number of rotatable bonds is 2. The van der Waals surface area contributed by atoms with Gasteiger partial charge in [0.1, 0.15) is 5.15 Å². The van der Waals surface area contributed by atoms with Gasteiger partial charge >= 0.3 is 0 Å². The summed E-state index contributed by atoms with van der Waals surface area (Å²) in [7, 11) is 0. The van der Waals surface area contributed by atoms with Crippen molar-refractivity contribution in [3.8, 4) is 11.6 Å². The first-order chi connectivity index (χ1) is 8.49. The fourth-order valence-electron chi connectivity index (χ4n) is 1.43. The first-order valence-electron chi connectivity index (χ1n) is 5.51. The van der Waals surface area contributed by atoms with Crippen LogP contribution in [0.15, 0.2) is 12.4 Å². The third kappa shape index (κ3) is 2.77. The molecule has 0 fully saturated rings. The minimum Gasteiger partial charge on any atom is -0.234 e. The van der Waals surface area contributed by atoms with Gasteiger partial charge in [0.2, 0.25) is 0 Å². The summed E-state index contributed by atoms with van der Waals surface area (Å²) in [5, 5.41) is 0.452. The number of aromatic nitrogens is 4. The summed E-state index contributed by atoms with van der Waals surface area (Å²) in [6.45, 7) is 6.08. The van der Waals surface area contributed by atoms with E-state index in [4.69, 9.17) is 11.6 Å². The van der Waals surface area contributed by atoms with Crippen molar-refractivity contribution in [1.29, 1.82) is 0 Å². The van der Waals surface area contributed by atoms with Gasteiger partial charge in [0.25, 0.3) is 0 Å². The maximum atomic E-state index is 6.13. The molecule has 0 saturated heterocycles. The molecule has 0 spiro atoms. The quantitative estimate of drug-likeness (QED) is 0.595. The molecule has 2 rings (SSSR count). The Kier molecular flexibility index (Phi) is 4.11. The largest absolute Gasteiger partial charge is 0.234 e. The van der Waals surface area contributed by atoms with Gasteiger partial charge in [-0.05, 0) is 41.0 Å².